The molecule has 0 radical (unpaired) electrons. The fourth-order valence-electron chi connectivity index (χ4n) is 6.40. The summed E-state index contributed by atoms with van der Waals surface area (Å²) >= 11 is 0. The number of nitrogens with zero attached hydrogens (tertiary/aromatic N) is 1. The largest absolute Gasteiger partial charge is 0.472 e. The molecule has 0 saturated carbocycles. The molecule has 0 bridgehead atoms. The third kappa shape index (κ3) is 40.7. The van der Waals surface area contributed by atoms with Crippen molar-refractivity contribution in [2.24, 2.45) is 0 Å². The maximum absolute atomic E-state index is 12.8. The average molecular weight is 798 g/mol. The van der Waals surface area contributed by atoms with Crippen LogP contribution >= 0.6 is 7.82 Å². The minimum atomic E-state index is -4.34. The zero-order valence-corrected chi connectivity index (χ0v) is 37.6. The van der Waals surface area contributed by atoms with Gasteiger partial charge in [0.15, 0.2) is 0 Å². The molecule has 0 aromatic rings. The normalized spacial score (nSPS) is 14.7. The number of amides is 1. The van der Waals surface area contributed by atoms with Gasteiger partial charge >= 0.3 is 7.82 Å². The number of quaternary nitrogens is 1. The van der Waals surface area contributed by atoms with Crippen LogP contribution in [-0.4, -0.2) is 73.4 Å². The Balaban J connectivity index is 4.41. The summed E-state index contributed by atoms with van der Waals surface area (Å²) in [6.45, 7) is 4.76. The van der Waals surface area contributed by atoms with Gasteiger partial charge in [0, 0.05) is 6.42 Å². The number of aliphatic hydroxyl groups excluding tert-OH is 1. The number of hydrogen-bond acceptors (Lipinski definition) is 5. The Hall–Kier alpha value is -1.28. The van der Waals surface area contributed by atoms with Gasteiger partial charge in [-0.2, -0.15) is 0 Å². The highest BCUT2D eigenvalue weighted by Gasteiger charge is 2.27. The summed E-state index contributed by atoms with van der Waals surface area (Å²) in [7, 11) is 1.55. The van der Waals surface area contributed by atoms with Crippen LogP contribution in [-0.2, 0) is 18.4 Å². The van der Waals surface area contributed by atoms with Crippen LogP contribution in [0.4, 0.5) is 0 Å². The maximum atomic E-state index is 12.8. The second kappa shape index (κ2) is 38.2. The first kappa shape index (κ1) is 53.7. The summed E-state index contributed by atoms with van der Waals surface area (Å²) in [4.78, 5) is 23.1. The Morgan fingerprint density at radius 1 is 0.600 bits per heavy atom. The first-order chi connectivity index (χ1) is 26.5. The van der Waals surface area contributed by atoms with Gasteiger partial charge in [0.05, 0.1) is 39.9 Å². The number of carbonyl (C=O) groups is 1. The van der Waals surface area contributed by atoms with Crippen LogP contribution < -0.4 is 5.32 Å². The maximum Gasteiger partial charge on any atom is 0.472 e. The Kier molecular flexibility index (Phi) is 37.4. The molecule has 0 aliphatic carbocycles. The molecular formula is C46H90N2O6P+. The number of rotatable bonds is 41. The number of aliphatic hydroxyl groups is 1. The van der Waals surface area contributed by atoms with E-state index in [9.17, 15) is 19.4 Å². The predicted octanol–water partition coefficient (Wildman–Crippen LogP) is 12.7. The van der Waals surface area contributed by atoms with Crippen molar-refractivity contribution in [1.82, 2.24) is 5.32 Å². The van der Waals surface area contributed by atoms with Crippen molar-refractivity contribution in [3.63, 3.8) is 0 Å². The molecule has 9 heteroatoms. The lowest BCUT2D eigenvalue weighted by Crippen LogP contribution is -2.45. The lowest BCUT2D eigenvalue weighted by Gasteiger charge is -2.25. The molecule has 0 saturated heterocycles. The van der Waals surface area contributed by atoms with Crippen molar-refractivity contribution in [3.05, 3.63) is 36.5 Å². The number of carbonyl (C=O) groups excluding carboxylic acids is 1. The molecule has 0 heterocycles. The third-order valence-corrected chi connectivity index (χ3v) is 11.1. The van der Waals surface area contributed by atoms with Crippen LogP contribution in [0.1, 0.15) is 200 Å². The summed E-state index contributed by atoms with van der Waals surface area (Å²) in [5, 5.41) is 13.8. The molecule has 8 nitrogen and oxygen atoms in total. The van der Waals surface area contributed by atoms with E-state index in [4.69, 9.17) is 9.05 Å². The van der Waals surface area contributed by atoms with Gasteiger partial charge in [0.2, 0.25) is 5.91 Å². The fourth-order valence-corrected chi connectivity index (χ4v) is 7.14. The van der Waals surface area contributed by atoms with Gasteiger partial charge in [-0.05, 0) is 57.8 Å². The zero-order chi connectivity index (χ0) is 40.7. The van der Waals surface area contributed by atoms with E-state index in [2.05, 4.69) is 43.5 Å². The number of nitrogens with one attached hydrogen (secondary N) is 1. The number of likely N-dealkylation sites (N-methyl/N-ethyl adjacent to an activating group) is 1. The predicted molar refractivity (Wildman–Crippen MR) is 235 cm³/mol. The van der Waals surface area contributed by atoms with E-state index in [0.29, 0.717) is 17.4 Å². The van der Waals surface area contributed by atoms with Crippen molar-refractivity contribution in [3.8, 4) is 0 Å². The molecule has 0 aliphatic rings. The Labute approximate surface area is 340 Å². The lowest BCUT2D eigenvalue weighted by molar-refractivity contribution is -0.870. The Morgan fingerprint density at radius 2 is 1.00 bits per heavy atom. The molecule has 0 aromatic heterocycles. The second-order valence-electron chi connectivity index (χ2n) is 16.8. The highest BCUT2D eigenvalue weighted by Crippen LogP contribution is 2.43. The topological polar surface area (TPSA) is 105 Å². The SMILES string of the molecule is CCCCC/C=C\CCCCCCCC(=O)NC(COP(=O)(O)OCC[N+](C)(C)C)C(O)/C=C/CC/C=C/CCCCCCCCCCCCCCCCC. The summed E-state index contributed by atoms with van der Waals surface area (Å²) < 4.78 is 23.5. The highest BCUT2D eigenvalue weighted by molar-refractivity contribution is 7.47. The zero-order valence-electron chi connectivity index (χ0n) is 36.7. The fraction of sp³-hybridized carbons (Fsp3) is 0.848. The van der Waals surface area contributed by atoms with Crippen LogP contribution in [0.5, 0.6) is 0 Å². The van der Waals surface area contributed by atoms with E-state index in [1.807, 2.05) is 27.2 Å². The summed E-state index contributed by atoms with van der Waals surface area (Å²) in [5.74, 6) is -0.198. The van der Waals surface area contributed by atoms with Gasteiger partial charge in [0.1, 0.15) is 13.2 Å². The first-order valence-electron chi connectivity index (χ1n) is 22.9. The van der Waals surface area contributed by atoms with Crippen LogP contribution in [0.15, 0.2) is 36.5 Å². The third-order valence-electron chi connectivity index (χ3n) is 10.1. The molecule has 3 atom stereocenters. The average Bonchev–Trinajstić information content (AvgIpc) is 3.13. The second-order valence-corrected chi connectivity index (χ2v) is 18.2. The monoisotopic (exact) mass is 798 g/mol. The molecule has 0 aliphatic heterocycles. The highest BCUT2D eigenvalue weighted by atomic mass is 31.2. The van der Waals surface area contributed by atoms with Gasteiger partial charge < -0.3 is 19.8 Å². The molecule has 0 spiro atoms. The number of unbranched alkanes of at least 4 members (excludes halogenated alkanes) is 24. The molecule has 0 rings (SSSR count). The van der Waals surface area contributed by atoms with E-state index >= 15 is 0 Å². The Morgan fingerprint density at radius 3 is 1.49 bits per heavy atom. The molecule has 55 heavy (non-hydrogen) atoms. The minimum absolute atomic E-state index is 0.0545. The van der Waals surface area contributed by atoms with E-state index in [1.165, 1.54) is 128 Å². The molecule has 0 fully saturated rings. The van der Waals surface area contributed by atoms with E-state index < -0.39 is 20.0 Å². The van der Waals surface area contributed by atoms with Crippen LogP contribution in [0.3, 0.4) is 0 Å². The molecule has 1 amide bonds. The van der Waals surface area contributed by atoms with E-state index in [0.717, 1.165) is 51.4 Å². The Bertz CT molecular complexity index is 995. The van der Waals surface area contributed by atoms with Crippen molar-refractivity contribution in [2.45, 2.75) is 212 Å². The number of phosphoric ester groups is 1. The van der Waals surface area contributed by atoms with E-state index in [1.54, 1.807) is 6.08 Å². The van der Waals surface area contributed by atoms with Gasteiger partial charge in [-0.3, -0.25) is 13.8 Å². The van der Waals surface area contributed by atoms with Crippen LogP contribution in [0, 0.1) is 0 Å². The quantitative estimate of drug-likeness (QED) is 0.0246. The molecule has 3 N–H and O–H groups in total. The standard InChI is InChI=1S/C46H89N2O6P/c1-6-8-10-12-14-16-18-20-21-22-23-24-25-26-27-28-29-31-33-35-37-39-45(49)44(43-54-55(51,52)53-42-41-48(3,4)5)47-46(50)40-38-36-34-32-30-19-17-15-13-11-9-7-2/h15,17,29,31,37,39,44-45,49H,6-14,16,18-28,30,32-36,38,40-43H2,1-5H3,(H-,47,50,51,52)/p+1/b17-15-,31-29+,39-37+. The van der Waals surface area contributed by atoms with Crippen molar-refractivity contribution >= 4 is 13.7 Å². The number of hydrogen-bond donors (Lipinski definition) is 3. The molecular weight excluding hydrogens is 707 g/mol. The van der Waals surface area contributed by atoms with E-state index in [-0.39, 0.29) is 19.1 Å². The molecule has 3 unspecified atom stereocenters. The summed E-state index contributed by atoms with van der Waals surface area (Å²) in [6.07, 6.45) is 46.5. The van der Waals surface area contributed by atoms with Gasteiger partial charge in [-0.15, -0.1) is 0 Å². The van der Waals surface area contributed by atoms with Crippen LogP contribution in [0.2, 0.25) is 0 Å². The van der Waals surface area contributed by atoms with Gasteiger partial charge in [-0.1, -0.05) is 172 Å². The van der Waals surface area contributed by atoms with Crippen molar-refractivity contribution < 1.29 is 32.9 Å². The summed E-state index contributed by atoms with van der Waals surface area (Å²) in [6, 6.07) is -0.865. The van der Waals surface area contributed by atoms with Gasteiger partial charge in [-0.25, -0.2) is 4.57 Å². The molecule has 0 aromatic carbocycles. The number of allylic oxidation sites excluding steroid dienone is 5. The van der Waals surface area contributed by atoms with Crippen molar-refractivity contribution in [2.75, 3.05) is 40.9 Å². The van der Waals surface area contributed by atoms with Crippen LogP contribution in [0.25, 0.3) is 0 Å². The molecule has 324 valence electrons. The van der Waals surface area contributed by atoms with Gasteiger partial charge in [0.25, 0.3) is 0 Å². The number of phosphoric acid groups is 1. The van der Waals surface area contributed by atoms with Crippen molar-refractivity contribution in [1.29, 1.82) is 0 Å². The first-order valence-corrected chi connectivity index (χ1v) is 24.4. The smallest absolute Gasteiger partial charge is 0.387 e. The minimum Gasteiger partial charge on any atom is -0.387 e. The lowest BCUT2D eigenvalue weighted by atomic mass is 10.0. The summed E-state index contributed by atoms with van der Waals surface area (Å²) in [5.41, 5.74) is 0.